The Hall–Kier alpha value is -2.01. The minimum atomic E-state index is -0.249. The number of nitrogens with zero attached hydrogens (tertiary/aromatic N) is 1. The monoisotopic (exact) mass is 289 g/mol. The van der Waals surface area contributed by atoms with E-state index in [1.807, 2.05) is 18.2 Å². The van der Waals surface area contributed by atoms with Gasteiger partial charge in [-0.2, -0.15) is 0 Å². The summed E-state index contributed by atoms with van der Waals surface area (Å²) in [5.41, 5.74) is 1.70. The van der Waals surface area contributed by atoms with Crippen molar-refractivity contribution in [1.29, 1.82) is 0 Å². The third kappa shape index (κ3) is 2.77. The smallest absolute Gasteiger partial charge is 0.165 e. The molecule has 0 fully saturated rings. The van der Waals surface area contributed by atoms with Crippen LogP contribution in [0.3, 0.4) is 0 Å². The molecule has 0 amide bonds. The average Bonchev–Trinajstić information content (AvgIpc) is 3.10. The van der Waals surface area contributed by atoms with Crippen molar-refractivity contribution in [3.05, 3.63) is 54.1 Å². The van der Waals surface area contributed by atoms with Crippen molar-refractivity contribution in [2.24, 2.45) is 5.16 Å². The zero-order valence-corrected chi connectivity index (χ0v) is 11.4. The quantitative estimate of drug-likeness (QED) is 0.664. The molecule has 2 aromatic rings. The third-order valence-electron chi connectivity index (χ3n) is 3.05. The first-order chi connectivity index (χ1) is 9.74. The first kappa shape index (κ1) is 13.0. The number of rotatable bonds is 3. The molecule has 1 aromatic heterocycles. The minimum Gasteiger partial charge on any atom is -0.450 e. The van der Waals surface area contributed by atoms with Crippen LogP contribution in [0, 0.1) is 5.82 Å². The van der Waals surface area contributed by atoms with Gasteiger partial charge in [0.2, 0.25) is 0 Å². The van der Waals surface area contributed by atoms with Crippen LogP contribution < -0.4 is 0 Å². The van der Waals surface area contributed by atoms with E-state index in [1.54, 1.807) is 12.1 Å². The molecular formula is C15H12FNO2S. The second kappa shape index (κ2) is 5.54. The maximum Gasteiger partial charge on any atom is 0.165 e. The molecule has 1 aliphatic rings. The van der Waals surface area contributed by atoms with Crippen molar-refractivity contribution >= 4 is 23.0 Å². The molecular weight excluding hydrogens is 277 g/mol. The summed E-state index contributed by atoms with van der Waals surface area (Å²) in [6, 6.07) is 10.1. The van der Waals surface area contributed by atoms with Gasteiger partial charge >= 0.3 is 0 Å². The van der Waals surface area contributed by atoms with Gasteiger partial charge in [-0.05, 0) is 60.9 Å². The van der Waals surface area contributed by atoms with Gasteiger partial charge in [0, 0.05) is 4.90 Å². The lowest BCUT2D eigenvalue weighted by atomic mass is 10.2. The van der Waals surface area contributed by atoms with Crippen LogP contribution in [0.5, 0.6) is 0 Å². The SMILES string of the molecule is O/N=C1/C=C(c2ccc(Sc3ccc(F)cc3)o2)CC1. The Morgan fingerprint density at radius 3 is 2.60 bits per heavy atom. The highest BCUT2D eigenvalue weighted by Gasteiger charge is 2.16. The molecule has 20 heavy (non-hydrogen) atoms. The first-order valence-corrected chi connectivity index (χ1v) is 7.01. The predicted octanol–water partition coefficient (Wildman–Crippen LogP) is 4.58. The molecule has 0 unspecified atom stereocenters. The highest BCUT2D eigenvalue weighted by molar-refractivity contribution is 7.99. The Labute approximate surface area is 119 Å². The van der Waals surface area contributed by atoms with E-state index < -0.39 is 0 Å². The molecule has 0 saturated heterocycles. The summed E-state index contributed by atoms with van der Waals surface area (Å²) in [6.45, 7) is 0. The van der Waals surface area contributed by atoms with Crippen molar-refractivity contribution in [3.8, 4) is 0 Å². The standard InChI is InChI=1S/C15H12FNO2S/c16-11-2-5-13(6-3-11)20-15-8-7-14(19-15)10-1-4-12(9-10)17-18/h2-3,5-9,18H,1,4H2/b17-12+. The van der Waals surface area contributed by atoms with Gasteiger partial charge in [0.15, 0.2) is 5.09 Å². The number of benzene rings is 1. The van der Waals surface area contributed by atoms with Gasteiger partial charge in [-0.3, -0.25) is 0 Å². The van der Waals surface area contributed by atoms with Gasteiger partial charge in [-0.25, -0.2) is 4.39 Å². The molecule has 0 atom stereocenters. The maximum absolute atomic E-state index is 12.8. The second-order valence-electron chi connectivity index (χ2n) is 4.44. The van der Waals surface area contributed by atoms with Gasteiger partial charge in [-0.1, -0.05) is 16.9 Å². The predicted molar refractivity (Wildman–Crippen MR) is 75.7 cm³/mol. The van der Waals surface area contributed by atoms with Gasteiger partial charge in [0.1, 0.15) is 11.6 Å². The van der Waals surface area contributed by atoms with E-state index in [4.69, 9.17) is 9.62 Å². The van der Waals surface area contributed by atoms with Crippen LogP contribution >= 0.6 is 11.8 Å². The highest BCUT2D eigenvalue weighted by Crippen LogP contribution is 2.34. The number of oxime groups is 1. The maximum atomic E-state index is 12.8. The normalized spacial score (nSPS) is 16.6. The van der Waals surface area contributed by atoms with Crippen molar-refractivity contribution < 1.29 is 14.0 Å². The summed E-state index contributed by atoms with van der Waals surface area (Å²) in [5.74, 6) is 0.537. The van der Waals surface area contributed by atoms with Crippen molar-refractivity contribution in [2.75, 3.05) is 0 Å². The summed E-state index contributed by atoms with van der Waals surface area (Å²) in [6.07, 6.45) is 3.38. The molecule has 0 spiro atoms. The first-order valence-electron chi connectivity index (χ1n) is 6.20. The molecule has 0 bridgehead atoms. The fourth-order valence-electron chi connectivity index (χ4n) is 2.05. The van der Waals surface area contributed by atoms with E-state index in [0.717, 1.165) is 34.2 Å². The molecule has 1 N–H and O–H groups in total. The molecule has 0 saturated carbocycles. The van der Waals surface area contributed by atoms with Crippen LogP contribution in [0.15, 0.2) is 62.0 Å². The zero-order chi connectivity index (χ0) is 13.9. The minimum absolute atomic E-state index is 0.249. The van der Waals surface area contributed by atoms with E-state index in [-0.39, 0.29) is 5.82 Å². The van der Waals surface area contributed by atoms with Crippen molar-refractivity contribution in [2.45, 2.75) is 22.8 Å². The topological polar surface area (TPSA) is 45.7 Å². The Balaban J connectivity index is 1.76. The van der Waals surface area contributed by atoms with Crippen LogP contribution in [0.4, 0.5) is 4.39 Å². The Morgan fingerprint density at radius 1 is 1.10 bits per heavy atom. The zero-order valence-electron chi connectivity index (χ0n) is 10.5. The van der Waals surface area contributed by atoms with Crippen LogP contribution in [-0.4, -0.2) is 10.9 Å². The lowest BCUT2D eigenvalue weighted by Gasteiger charge is -1.98. The number of hydrogen-bond acceptors (Lipinski definition) is 4. The third-order valence-corrected chi connectivity index (χ3v) is 3.98. The molecule has 3 rings (SSSR count). The summed E-state index contributed by atoms with van der Waals surface area (Å²) < 4.78 is 18.6. The average molecular weight is 289 g/mol. The molecule has 1 aromatic carbocycles. The lowest BCUT2D eigenvalue weighted by molar-refractivity contribution is 0.318. The largest absolute Gasteiger partial charge is 0.450 e. The molecule has 5 heteroatoms. The van der Waals surface area contributed by atoms with E-state index in [9.17, 15) is 4.39 Å². The van der Waals surface area contributed by atoms with E-state index in [2.05, 4.69) is 5.16 Å². The van der Waals surface area contributed by atoms with E-state index in [0.29, 0.717) is 5.71 Å². The van der Waals surface area contributed by atoms with Crippen LogP contribution in [-0.2, 0) is 0 Å². The summed E-state index contributed by atoms with van der Waals surface area (Å²) in [4.78, 5) is 0.922. The molecule has 0 radical (unpaired) electrons. The summed E-state index contributed by atoms with van der Waals surface area (Å²) in [5, 5.41) is 12.7. The number of allylic oxidation sites excluding steroid dienone is 2. The fraction of sp³-hybridized carbons (Fsp3) is 0.133. The van der Waals surface area contributed by atoms with Crippen molar-refractivity contribution in [3.63, 3.8) is 0 Å². The second-order valence-corrected chi connectivity index (χ2v) is 5.51. The van der Waals surface area contributed by atoms with Gasteiger partial charge in [-0.15, -0.1) is 0 Å². The van der Waals surface area contributed by atoms with Gasteiger partial charge < -0.3 is 9.62 Å². The highest BCUT2D eigenvalue weighted by atomic mass is 32.2. The number of hydrogen-bond donors (Lipinski definition) is 1. The summed E-state index contributed by atoms with van der Waals surface area (Å²) >= 11 is 1.44. The molecule has 1 aliphatic carbocycles. The molecule has 102 valence electrons. The molecule has 3 nitrogen and oxygen atoms in total. The fourth-order valence-corrected chi connectivity index (χ4v) is 2.82. The number of furan rings is 1. The molecule has 0 aliphatic heterocycles. The van der Waals surface area contributed by atoms with Gasteiger partial charge in [0.25, 0.3) is 0 Å². The number of halogens is 1. The Kier molecular flexibility index (Phi) is 3.60. The van der Waals surface area contributed by atoms with E-state index in [1.165, 1.54) is 23.9 Å². The van der Waals surface area contributed by atoms with Crippen LogP contribution in [0.1, 0.15) is 18.6 Å². The summed E-state index contributed by atoms with van der Waals surface area (Å²) in [7, 11) is 0. The Bertz CT molecular complexity index is 673. The van der Waals surface area contributed by atoms with Gasteiger partial charge in [0.05, 0.1) is 5.71 Å². The van der Waals surface area contributed by atoms with E-state index >= 15 is 0 Å². The van der Waals surface area contributed by atoms with Crippen molar-refractivity contribution in [1.82, 2.24) is 0 Å². The molecule has 1 heterocycles. The van der Waals surface area contributed by atoms with Crippen LogP contribution in [0.2, 0.25) is 0 Å². The van der Waals surface area contributed by atoms with Crippen LogP contribution in [0.25, 0.3) is 5.57 Å². The lowest BCUT2D eigenvalue weighted by Crippen LogP contribution is -1.83. The Morgan fingerprint density at radius 2 is 1.90 bits per heavy atom.